The molecule has 144 valence electrons. The summed E-state index contributed by atoms with van der Waals surface area (Å²) in [7, 11) is 0. The molecule has 0 bridgehead atoms. The van der Waals surface area contributed by atoms with E-state index in [-0.39, 0.29) is 16.9 Å². The molecule has 0 fully saturated rings. The topological polar surface area (TPSA) is 64.0 Å². The number of anilines is 1. The molecule has 1 heterocycles. The van der Waals surface area contributed by atoms with Gasteiger partial charge in [0.25, 0.3) is 0 Å². The van der Waals surface area contributed by atoms with Gasteiger partial charge in [-0.2, -0.15) is 0 Å². The van der Waals surface area contributed by atoms with E-state index in [1.807, 2.05) is 17.7 Å². The molecule has 1 atom stereocenters. The van der Waals surface area contributed by atoms with Crippen LogP contribution in [0.2, 0.25) is 0 Å². The van der Waals surface area contributed by atoms with Crippen LogP contribution in [0.5, 0.6) is 0 Å². The van der Waals surface area contributed by atoms with Crippen molar-refractivity contribution in [3.8, 4) is 5.69 Å². The minimum absolute atomic E-state index is 0.0333. The number of aryl methyl sites for hydroxylation is 2. The van der Waals surface area contributed by atoms with Crippen molar-refractivity contribution in [1.82, 2.24) is 9.55 Å². The first-order valence-corrected chi connectivity index (χ1v) is 9.92. The number of nitrogens with zero attached hydrogens (tertiary/aromatic N) is 2. The Hall–Kier alpha value is -2.86. The Labute approximate surface area is 169 Å². The van der Waals surface area contributed by atoms with Crippen LogP contribution in [-0.2, 0) is 4.79 Å². The van der Waals surface area contributed by atoms with Crippen LogP contribution < -0.4 is 5.32 Å². The zero-order chi connectivity index (χ0) is 20.3. The van der Waals surface area contributed by atoms with Gasteiger partial charge in [-0.25, -0.2) is 4.98 Å². The predicted molar refractivity (Wildman–Crippen MR) is 113 cm³/mol. The highest BCUT2D eigenvalue weighted by Gasteiger charge is 2.19. The van der Waals surface area contributed by atoms with Crippen LogP contribution in [0.1, 0.15) is 35.3 Å². The number of hydrogen-bond acceptors (Lipinski definition) is 4. The summed E-state index contributed by atoms with van der Waals surface area (Å²) in [6.45, 7) is 7.46. The van der Waals surface area contributed by atoms with Crippen molar-refractivity contribution in [1.29, 1.82) is 0 Å². The quantitative estimate of drug-likeness (QED) is 0.482. The Bertz CT molecular complexity index is 1030. The zero-order valence-electron chi connectivity index (χ0n) is 16.4. The van der Waals surface area contributed by atoms with Gasteiger partial charge in [-0.1, -0.05) is 36.0 Å². The highest BCUT2D eigenvalue weighted by atomic mass is 32.2. The van der Waals surface area contributed by atoms with E-state index in [0.717, 1.165) is 16.4 Å². The number of rotatable bonds is 6. The maximum Gasteiger partial charge on any atom is 0.237 e. The number of Topliss-reactive ketones (excluding diaryl/α,β-unsaturated/α-hetero) is 1. The molecule has 0 aliphatic heterocycles. The zero-order valence-corrected chi connectivity index (χ0v) is 17.2. The molecule has 6 heteroatoms. The number of ketones is 1. The first kappa shape index (κ1) is 19.9. The molecule has 1 unspecified atom stereocenters. The molecule has 0 aliphatic rings. The molecule has 1 N–H and O–H groups in total. The number of carbonyl (C=O) groups is 2. The number of imidazole rings is 1. The van der Waals surface area contributed by atoms with E-state index in [1.54, 1.807) is 30.5 Å². The van der Waals surface area contributed by atoms with E-state index in [9.17, 15) is 9.59 Å². The van der Waals surface area contributed by atoms with Gasteiger partial charge in [0, 0.05) is 23.6 Å². The fraction of sp³-hybridized carbons (Fsp3) is 0.227. The average molecular weight is 394 g/mol. The molecule has 0 saturated heterocycles. The summed E-state index contributed by atoms with van der Waals surface area (Å²) in [5.41, 5.74) is 4.55. The van der Waals surface area contributed by atoms with Crippen LogP contribution in [0.15, 0.2) is 60.0 Å². The summed E-state index contributed by atoms with van der Waals surface area (Å²) in [6.07, 6.45) is 3.65. The lowest BCUT2D eigenvalue weighted by molar-refractivity contribution is -0.115. The Morgan fingerprint density at radius 1 is 1.14 bits per heavy atom. The molecule has 0 spiro atoms. The summed E-state index contributed by atoms with van der Waals surface area (Å²) in [5, 5.41) is 3.28. The Kier molecular flexibility index (Phi) is 5.99. The summed E-state index contributed by atoms with van der Waals surface area (Å²) in [4.78, 5) is 28.6. The van der Waals surface area contributed by atoms with Gasteiger partial charge in [0.15, 0.2) is 10.9 Å². The molecule has 0 aliphatic carbocycles. The van der Waals surface area contributed by atoms with Gasteiger partial charge in [-0.15, -0.1) is 0 Å². The van der Waals surface area contributed by atoms with Crippen molar-refractivity contribution in [2.24, 2.45) is 0 Å². The Balaban J connectivity index is 1.75. The van der Waals surface area contributed by atoms with E-state index in [1.165, 1.54) is 24.2 Å². The van der Waals surface area contributed by atoms with Crippen molar-refractivity contribution < 1.29 is 9.59 Å². The van der Waals surface area contributed by atoms with Crippen LogP contribution in [0.25, 0.3) is 5.69 Å². The van der Waals surface area contributed by atoms with Crippen molar-refractivity contribution in [2.45, 2.75) is 38.1 Å². The molecule has 28 heavy (non-hydrogen) atoms. The molecule has 5 nitrogen and oxygen atoms in total. The van der Waals surface area contributed by atoms with Gasteiger partial charge in [-0.3, -0.25) is 14.2 Å². The minimum atomic E-state index is -0.354. The number of thioether (sulfide) groups is 1. The second-order valence-electron chi connectivity index (χ2n) is 6.76. The van der Waals surface area contributed by atoms with E-state index in [0.29, 0.717) is 11.3 Å². The smallest absolute Gasteiger partial charge is 0.237 e. The highest BCUT2D eigenvalue weighted by Crippen LogP contribution is 2.27. The monoisotopic (exact) mass is 393 g/mol. The van der Waals surface area contributed by atoms with Crippen molar-refractivity contribution >= 4 is 29.1 Å². The third-order valence-electron chi connectivity index (χ3n) is 4.42. The van der Waals surface area contributed by atoms with E-state index < -0.39 is 0 Å². The van der Waals surface area contributed by atoms with Crippen LogP contribution >= 0.6 is 11.8 Å². The molecular formula is C22H23N3O2S. The van der Waals surface area contributed by atoms with Gasteiger partial charge >= 0.3 is 0 Å². The van der Waals surface area contributed by atoms with Gasteiger partial charge in [0.1, 0.15) is 0 Å². The third-order valence-corrected chi connectivity index (χ3v) is 5.50. The Morgan fingerprint density at radius 2 is 1.93 bits per heavy atom. The van der Waals surface area contributed by atoms with Crippen LogP contribution in [0.3, 0.4) is 0 Å². The molecule has 0 radical (unpaired) electrons. The SMILES string of the molecule is CC(=O)c1cccc(NC(=O)C(C)Sc2nccn2-c2cc(C)ccc2C)c1. The third kappa shape index (κ3) is 4.51. The van der Waals surface area contributed by atoms with Crippen LogP contribution in [0, 0.1) is 13.8 Å². The lowest BCUT2D eigenvalue weighted by atomic mass is 10.1. The van der Waals surface area contributed by atoms with Crippen molar-refractivity contribution in [2.75, 3.05) is 5.32 Å². The van der Waals surface area contributed by atoms with E-state index >= 15 is 0 Å². The van der Waals surface area contributed by atoms with Crippen molar-refractivity contribution in [3.63, 3.8) is 0 Å². The fourth-order valence-corrected chi connectivity index (χ4v) is 3.69. The van der Waals surface area contributed by atoms with E-state index in [4.69, 9.17) is 0 Å². The number of aromatic nitrogens is 2. The fourth-order valence-electron chi connectivity index (χ4n) is 2.81. The molecule has 1 amide bonds. The van der Waals surface area contributed by atoms with Gasteiger partial charge in [-0.05, 0) is 57.0 Å². The van der Waals surface area contributed by atoms with E-state index in [2.05, 4.69) is 42.3 Å². The first-order chi connectivity index (χ1) is 13.3. The van der Waals surface area contributed by atoms with Crippen LogP contribution in [-0.4, -0.2) is 26.5 Å². The summed E-state index contributed by atoms with van der Waals surface area (Å²) >= 11 is 1.40. The molecular weight excluding hydrogens is 370 g/mol. The normalized spacial score (nSPS) is 11.9. The second kappa shape index (κ2) is 8.44. The average Bonchev–Trinajstić information content (AvgIpc) is 3.11. The summed E-state index contributed by atoms with van der Waals surface area (Å²) in [6, 6.07) is 13.2. The second-order valence-corrected chi connectivity index (χ2v) is 8.06. The summed E-state index contributed by atoms with van der Waals surface area (Å²) in [5.74, 6) is -0.171. The predicted octanol–water partition coefficient (Wildman–Crippen LogP) is 4.81. The lowest BCUT2D eigenvalue weighted by Gasteiger charge is -2.15. The maximum atomic E-state index is 12.6. The molecule has 3 aromatic rings. The van der Waals surface area contributed by atoms with Crippen molar-refractivity contribution in [3.05, 3.63) is 71.5 Å². The Morgan fingerprint density at radius 3 is 2.68 bits per heavy atom. The number of benzene rings is 2. The highest BCUT2D eigenvalue weighted by molar-refractivity contribution is 8.00. The standard InChI is InChI=1S/C22H23N3O2S/c1-14-8-9-15(2)20(12-14)25-11-10-23-22(25)28-17(4)21(27)24-19-7-5-6-18(13-19)16(3)26/h5-13,17H,1-4H3,(H,24,27). The molecule has 2 aromatic carbocycles. The van der Waals surface area contributed by atoms with Gasteiger partial charge in [0.2, 0.25) is 5.91 Å². The minimum Gasteiger partial charge on any atom is -0.325 e. The number of hydrogen-bond donors (Lipinski definition) is 1. The lowest BCUT2D eigenvalue weighted by Crippen LogP contribution is -2.23. The maximum absolute atomic E-state index is 12.6. The number of nitrogens with one attached hydrogen (secondary N) is 1. The van der Waals surface area contributed by atoms with Gasteiger partial charge in [0.05, 0.1) is 10.9 Å². The first-order valence-electron chi connectivity index (χ1n) is 9.04. The van der Waals surface area contributed by atoms with Gasteiger partial charge < -0.3 is 5.32 Å². The number of amides is 1. The molecule has 3 rings (SSSR count). The largest absolute Gasteiger partial charge is 0.325 e. The van der Waals surface area contributed by atoms with Crippen LogP contribution in [0.4, 0.5) is 5.69 Å². The number of carbonyl (C=O) groups excluding carboxylic acids is 2. The molecule has 0 saturated carbocycles. The molecule has 1 aromatic heterocycles. The summed E-state index contributed by atoms with van der Waals surface area (Å²) < 4.78 is 2.01.